The van der Waals surface area contributed by atoms with E-state index in [1.54, 1.807) is 18.2 Å². The lowest BCUT2D eigenvalue weighted by atomic mass is 9.80. The molecule has 9 heteroatoms. The number of aryl methyl sites for hydroxylation is 1. The largest absolute Gasteiger partial charge is 0.466 e. The van der Waals surface area contributed by atoms with Crippen LogP contribution in [0.5, 0.6) is 5.75 Å². The van der Waals surface area contributed by atoms with Gasteiger partial charge in [-0.1, -0.05) is 18.2 Å². The highest BCUT2D eigenvalue weighted by Crippen LogP contribution is 2.34. The van der Waals surface area contributed by atoms with Gasteiger partial charge in [0.1, 0.15) is 11.4 Å². The molecule has 0 atom stereocenters. The van der Waals surface area contributed by atoms with Gasteiger partial charge in [-0.15, -0.1) is 0 Å². The number of fused-ring (bicyclic) bond motifs is 1. The molecule has 0 spiro atoms. The zero-order valence-electron chi connectivity index (χ0n) is 22.4. The average molecular weight is 535 g/mol. The number of pyridine rings is 2. The van der Waals surface area contributed by atoms with Crippen molar-refractivity contribution in [3.05, 3.63) is 77.9 Å². The third-order valence-corrected chi connectivity index (χ3v) is 7.51. The minimum Gasteiger partial charge on any atom is -0.466 e. The number of halogens is 2. The second-order valence-corrected chi connectivity index (χ2v) is 10.1. The number of hydrogen-bond acceptors (Lipinski definition) is 6. The number of rotatable bonds is 8. The lowest BCUT2D eigenvalue weighted by Gasteiger charge is -2.38. The summed E-state index contributed by atoms with van der Waals surface area (Å²) in [4.78, 5) is 24.0. The normalized spacial score (nSPS) is 15.1. The van der Waals surface area contributed by atoms with Crippen LogP contribution < -0.4 is 9.64 Å². The van der Waals surface area contributed by atoms with Crippen LogP contribution in [0.2, 0.25) is 0 Å². The Morgan fingerprint density at radius 3 is 2.56 bits per heavy atom. The molecule has 0 radical (unpaired) electrons. The Morgan fingerprint density at radius 2 is 1.87 bits per heavy atom. The number of carbonyl (C=O) groups is 1. The average Bonchev–Trinajstić information content (AvgIpc) is 3.24. The Balaban J connectivity index is 1.35. The molecule has 1 aromatic carbocycles. The molecule has 39 heavy (non-hydrogen) atoms. The summed E-state index contributed by atoms with van der Waals surface area (Å²) in [7, 11) is 0. The number of ether oxygens (including phenoxy) is 2. The van der Waals surface area contributed by atoms with Crippen molar-refractivity contribution in [1.82, 2.24) is 14.4 Å². The number of esters is 1. The Labute approximate surface area is 226 Å². The third kappa shape index (κ3) is 5.57. The number of benzene rings is 1. The first-order chi connectivity index (χ1) is 18.8. The zero-order valence-corrected chi connectivity index (χ0v) is 22.4. The van der Waals surface area contributed by atoms with E-state index in [1.807, 2.05) is 61.8 Å². The molecule has 1 saturated heterocycles. The predicted molar refractivity (Wildman–Crippen MR) is 145 cm³/mol. The number of anilines is 1. The minimum absolute atomic E-state index is 0.118. The van der Waals surface area contributed by atoms with E-state index in [-0.39, 0.29) is 11.7 Å². The van der Waals surface area contributed by atoms with Gasteiger partial charge in [-0.05, 0) is 63.9 Å². The molecule has 204 valence electrons. The first-order valence-electron chi connectivity index (χ1n) is 13.2. The van der Waals surface area contributed by atoms with Gasteiger partial charge in [0.25, 0.3) is 0 Å². The minimum atomic E-state index is -2.89. The molecular formula is C30H32F2N4O3. The van der Waals surface area contributed by atoms with E-state index in [9.17, 15) is 13.6 Å². The van der Waals surface area contributed by atoms with Crippen LogP contribution in [-0.2, 0) is 16.0 Å². The lowest BCUT2D eigenvalue weighted by Crippen LogP contribution is -2.43. The first kappa shape index (κ1) is 26.6. The van der Waals surface area contributed by atoms with Crippen LogP contribution in [-0.4, -0.2) is 46.6 Å². The van der Waals surface area contributed by atoms with Crippen LogP contribution in [0.3, 0.4) is 0 Å². The maximum atomic E-state index is 12.9. The number of imidazole rings is 1. The molecule has 1 fully saturated rings. The van der Waals surface area contributed by atoms with E-state index in [4.69, 9.17) is 14.5 Å². The van der Waals surface area contributed by atoms with Crippen molar-refractivity contribution in [2.75, 3.05) is 24.6 Å². The number of para-hydroxylation sites is 1. The van der Waals surface area contributed by atoms with Gasteiger partial charge >= 0.3 is 12.6 Å². The first-order valence-corrected chi connectivity index (χ1v) is 13.2. The molecule has 0 N–H and O–H groups in total. The molecule has 5 rings (SSSR count). The summed E-state index contributed by atoms with van der Waals surface area (Å²) in [5.41, 5.74) is 5.45. The summed E-state index contributed by atoms with van der Waals surface area (Å²) in [6.07, 6.45) is 5.71. The van der Waals surface area contributed by atoms with Crippen molar-refractivity contribution in [2.45, 2.75) is 46.6 Å². The quantitative estimate of drug-likeness (QED) is 0.256. The van der Waals surface area contributed by atoms with Gasteiger partial charge in [0.2, 0.25) is 0 Å². The topological polar surface area (TPSA) is 69.0 Å². The van der Waals surface area contributed by atoms with E-state index in [2.05, 4.69) is 16.0 Å². The van der Waals surface area contributed by atoms with Crippen molar-refractivity contribution in [3.63, 3.8) is 0 Å². The molecule has 4 heterocycles. The Bertz CT molecular complexity index is 1460. The van der Waals surface area contributed by atoms with Crippen molar-refractivity contribution < 1.29 is 23.0 Å². The fourth-order valence-electron chi connectivity index (χ4n) is 5.13. The van der Waals surface area contributed by atoms with Crippen molar-refractivity contribution in [3.8, 4) is 17.0 Å². The number of piperidine rings is 1. The van der Waals surface area contributed by atoms with Crippen LogP contribution in [0, 0.1) is 12.3 Å². The fraction of sp³-hybridized carbons (Fsp3) is 0.367. The standard InChI is InChI=1S/C30H32F2N4O3/c1-4-38-28(37)30(3)13-15-35(16-14-30)23-10-11-24(33-18-23)22-9-12-27-34-20(2)25(36(27)19-22)17-21-7-5-6-8-26(21)39-29(31)32/h5-12,18-19,29H,4,13-17H2,1-3H3. The second kappa shape index (κ2) is 11.0. The maximum absolute atomic E-state index is 12.9. The summed E-state index contributed by atoms with van der Waals surface area (Å²) in [5.74, 6) is 0.0446. The van der Waals surface area contributed by atoms with E-state index in [1.165, 1.54) is 0 Å². The van der Waals surface area contributed by atoms with Gasteiger partial charge in [0, 0.05) is 42.5 Å². The third-order valence-electron chi connectivity index (χ3n) is 7.51. The number of carbonyl (C=O) groups excluding carboxylic acids is 1. The van der Waals surface area contributed by atoms with Crippen molar-refractivity contribution in [2.24, 2.45) is 5.41 Å². The fourth-order valence-corrected chi connectivity index (χ4v) is 5.13. The molecule has 0 bridgehead atoms. The monoisotopic (exact) mass is 534 g/mol. The van der Waals surface area contributed by atoms with Crippen LogP contribution >= 0.6 is 0 Å². The van der Waals surface area contributed by atoms with Gasteiger partial charge in [-0.3, -0.25) is 9.78 Å². The van der Waals surface area contributed by atoms with Crippen molar-refractivity contribution >= 4 is 17.3 Å². The summed E-state index contributed by atoms with van der Waals surface area (Å²) in [5, 5.41) is 0. The second-order valence-electron chi connectivity index (χ2n) is 10.1. The molecule has 0 aliphatic carbocycles. The number of nitrogens with zero attached hydrogens (tertiary/aromatic N) is 4. The summed E-state index contributed by atoms with van der Waals surface area (Å²) in [6.45, 7) is 4.76. The molecule has 3 aromatic heterocycles. The molecule has 1 aliphatic rings. The summed E-state index contributed by atoms with van der Waals surface area (Å²) in [6, 6.07) is 14.8. The lowest BCUT2D eigenvalue weighted by molar-refractivity contribution is -0.155. The molecule has 0 amide bonds. The smallest absolute Gasteiger partial charge is 0.387 e. The van der Waals surface area contributed by atoms with Crippen LogP contribution in [0.15, 0.2) is 60.9 Å². The highest BCUT2D eigenvalue weighted by Gasteiger charge is 2.38. The Kier molecular flexibility index (Phi) is 7.50. The van der Waals surface area contributed by atoms with Gasteiger partial charge in [0.05, 0.1) is 35.3 Å². The van der Waals surface area contributed by atoms with E-state index < -0.39 is 12.0 Å². The zero-order chi connectivity index (χ0) is 27.6. The van der Waals surface area contributed by atoms with Gasteiger partial charge in [-0.2, -0.15) is 8.78 Å². The van der Waals surface area contributed by atoms with Gasteiger partial charge in [0.15, 0.2) is 0 Å². The predicted octanol–water partition coefficient (Wildman–Crippen LogP) is 6.07. The number of aromatic nitrogens is 3. The molecule has 7 nitrogen and oxygen atoms in total. The van der Waals surface area contributed by atoms with E-state index in [0.717, 1.165) is 59.9 Å². The number of hydrogen-bond donors (Lipinski definition) is 0. The molecule has 1 aliphatic heterocycles. The van der Waals surface area contributed by atoms with E-state index >= 15 is 0 Å². The Morgan fingerprint density at radius 1 is 1.10 bits per heavy atom. The summed E-state index contributed by atoms with van der Waals surface area (Å²) >= 11 is 0. The maximum Gasteiger partial charge on any atom is 0.387 e. The molecule has 0 unspecified atom stereocenters. The highest BCUT2D eigenvalue weighted by atomic mass is 19.3. The molecule has 4 aromatic rings. The summed E-state index contributed by atoms with van der Waals surface area (Å²) < 4.78 is 37.8. The molecule has 0 saturated carbocycles. The molecular weight excluding hydrogens is 502 g/mol. The Hall–Kier alpha value is -4.01. The van der Waals surface area contributed by atoms with Crippen molar-refractivity contribution in [1.29, 1.82) is 0 Å². The van der Waals surface area contributed by atoms with Crippen LogP contribution in [0.25, 0.3) is 16.9 Å². The van der Waals surface area contributed by atoms with Crippen LogP contribution in [0.1, 0.15) is 43.6 Å². The van der Waals surface area contributed by atoms with Gasteiger partial charge in [-0.25, -0.2) is 4.98 Å². The van der Waals surface area contributed by atoms with Gasteiger partial charge < -0.3 is 18.8 Å². The van der Waals surface area contributed by atoms with Crippen LogP contribution in [0.4, 0.5) is 14.5 Å². The SMILES string of the molecule is CCOC(=O)C1(C)CCN(c2ccc(-c3ccc4nc(C)c(Cc5ccccc5OC(F)F)n4c3)nc2)CC1. The number of alkyl halides is 2. The highest BCUT2D eigenvalue weighted by molar-refractivity contribution is 5.77. The van der Waals surface area contributed by atoms with E-state index in [0.29, 0.717) is 18.6 Å².